The molecule has 2 atom stereocenters. The molecule has 0 aliphatic carbocycles. The lowest BCUT2D eigenvalue weighted by Crippen LogP contribution is -2.30. The van der Waals surface area contributed by atoms with Gasteiger partial charge in [-0.2, -0.15) is 0 Å². The molecule has 2 heterocycles. The predicted octanol–water partition coefficient (Wildman–Crippen LogP) is 3.39. The average Bonchev–Trinajstić information content (AvgIpc) is 2.75. The summed E-state index contributed by atoms with van der Waals surface area (Å²) >= 11 is 0. The lowest BCUT2D eigenvalue weighted by atomic mass is 10.0. The van der Waals surface area contributed by atoms with Crippen molar-refractivity contribution in [2.24, 2.45) is 0 Å². The van der Waals surface area contributed by atoms with E-state index in [1.807, 2.05) is 50.2 Å². The zero-order valence-electron chi connectivity index (χ0n) is 16.5. The van der Waals surface area contributed by atoms with Crippen LogP contribution in [0.5, 0.6) is 0 Å². The van der Waals surface area contributed by atoms with Gasteiger partial charge >= 0.3 is 0 Å². The topological polar surface area (TPSA) is 84.0 Å². The van der Waals surface area contributed by atoms with Gasteiger partial charge in [0.15, 0.2) is 0 Å². The van der Waals surface area contributed by atoms with Crippen molar-refractivity contribution in [3.8, 4) is 0 Å². The molecule has 2 amide bonds. The maximum Gasteiger partial charge on any atom is 0.252 e. The number of hydrogen-bond acceptors (Lipinski definition) is 4. The highest BCUT2D eigenvalue weighted by molar-refractivity contribution is 5.97. The zero-order valence-corrected chi connectivity index (χ0v) is 16.5. The van der Waals surface area contributed by atoms with Crippen molar-refractivity contribution in [1.29, 1.82) is 0 Å². The highest BCUT2D eigenvalue weighted by atomic mass is 16.2. The Morgan fingerprint density at radius 3 is 1.90 bits per heavy atom. The van der Waals surface area contributed by atoms with E-state index in [9.17, 15) is 9.59 Å². The quantitative estimate of drug-likeness (QED) is 0.650. The predicted molar refractivity (Wildman–Crippen MR) is 111 cm³/mol. The number of nitrogens with zero attached hydrogens (tertiary/aromatic N) is 2. The van der Waals surface area contributed by atoms with Gasteiger partial charge in [0.25, 0.3) is 5.91 Å². The summed E-state index contributed by atoms with van der Waals surface area (Å²) in [5.74, 6) is -0.350. The van der Waals surface area contributed by atoms with Gasteiger partial charge in [0.2, 0.25) is 5.91 Å². The molecule has 3 rings (SSSR count). The Morgan fingerprint density at radius 2 is 1.31 bits per heavy atom. The van der Waals surface area contributed by atoms with Crippen molar-refractivity contribution in [2.75, 3.05) is 0 Å². The second kappa shape index (κ2) is 9.59. The van der Waals surface area contributed by atoms with Crippen LogP contribution in [-0.2, 0) is 11.2 Å². The minimum atomic E-state index is -0.208. The summed E-state index contributed by atoms with van der Waals surface area (Å²) in [6.07, 6.45) is 6.91. The van der Waals surface area contributed by atoms with Crippen molar-refractivity contribution >= 4 is 11.8 Å². The minimum absolute atomic E-state index is 0.128. The van der Waals surface area contributed by atoms with Gasteiger partial charge in [0.1, 0.15) is 0 Å². The van der Waals surface area contributed by atoms with Gasteiger partial charge in [-0.25, -0.2) is 0 Å². The summed E-state index contributed by atoms with van der Waals surface area (Å²) < 4.78 is 0. The molecule has 0 aliphatic heterocycles. The van der Waals surface area contributed by atoms with Gasteiger partial charge in [0.05, 0.1) is 18.5 Å². The van der Waals surface area contributed by atoms with E-state index in [4.69, 9.17) is 0 Å². The van der Waals surface area contributed by atoms with Crippen LogP contribution in [0.1, 0.15) is 53.0 Å². The molecule has 148 valence electrons. The fraction of sp³-hybridized carbons (Fsp3) is 0.217. The number of amides is 2. The SMILES string of the molecule is C[C@H](NC(=O)Cc1ccccc1C(=O)N[C@H](C)c1ccncc1)c1ccncc1. The highest BCUT2D eigenvalue weighted by Crippen LogP contribution is 2.16. The molecule has 0 saturated heterocycles. The maximum absolute atomic E-state index is 12.8. The van der Waals surface area contributed by atoms with Crippen LogP contribution < -0.4 is 10.6 Å². The Bertz CT molecular complexity index is 961. The van der Waals surface area contributed by atoms with Crippen LogP contribution in [0.3, 0.4) is 0 Å². The van der Waals surface area contributed by atoms with E-state index in [1.54, 1.807) is 36.9 Å². The summed E-state index contributed by atoms with van der Waals surface area (Å²) in [4.78, 5) is 33.3. The van der Waals surface area contributed by atoms with Gasteiger partial charge < -0.3 is 10.6 Å². The number of carbonyl (C=O) groups excluding carboxylic acids is 2. The molecule has 29 heavy (non-hydrogen) atoms. The highest BCUT2D eigenvalue weighted by Gasteiger charge is 2.17. The minimum Gasteiger partial charge on any atom is -0.349 e. The lowest BCUT2D eigenvalue weighted by Gasteiger charge is -2.17. The molecule has 0 radical (unpaired) electrons. The van der Waals surface area contributed by atoms with Gasteiger partial charge in [-0.05, 0) is 60.9 Å². The molecule has 0 bridgehead atoms. The number of aromatic nitrogens is 2. The number of rotatable bonds is 7. The van der Waals surface area contributed by atoms with E-state index in [0.717, 1.165) is 11.1 Å². The van der Waals surface area contributed by atoms with E-state index >= 15 is 0 Å². The Kier molecular flexibility index (Phi) is 6.68. The fourth-order valence-corrected chi connectivity index (χ4v) is 3.11. The van der Waals surface area contributed by atoms with Gasteiger partial charge in [0, 0.05) is 30.4 Å². The van der Waals surface area contributed by atoms with E-state index < -0.39 is 0 Å². The Balaban J connectivity index is 1.66. The first-order valence-corrected chi connectivity index (χ1v) is 9.52. The largest absolute Gasteiger partial charge is 0.349 e. The number of pyridine rings is 2. The van der Waals surface area contributed by atoms with Crippen LogP contribution in [0.15, 0.2) is 73.3 Å². The van der Waals surface area contributed by atoms with Gasteiger partial charge in [-0.1, -0.05) is 18.2 Å². The van der Waals surface area contributed by atoms with E-state index in [0.29, 0.717) is 11.1 Å². The Morgan fingerprint density at radius 1 is 0.793 bits per heavy atom. The molecule has 1 aromatic carbocycles. The molecule has 0 fully saturated rings. The third-order valence-corrected chi connectivity index (χ3v) is 4.75. The van der Waals surface area contributed by atoms with Crippen LogP contribution in [0.2, 0.25) is 0 Å². The average molecular weight is 388 g/mol. The smallest absolute Gasteiger partial charge is 0.252 e. The fourth-order valence-electron chi connectivity index (χ4n) is 3.11. The van der Waals surface area contributed by atoms with Crippen molar-refractivity contribution in [2.45, 2.75) is 32.4 Å². The monoisotopic (exact) mass is 388 g/mol. The first kappa shape index (κ1) is 20.2. The Hall–Kier alpha value is -3.54. The van der Waals surface area contributed by atoms with Crippen molar-refractivity contribution in [3.63, 3.8) is 0 Å². The van der Waals surface area contributed by atoms with Crippen molar-refractivity contribution < 1.29 is 9.59 Å². The third-order valence-electron chi connectivity index (χ3n) is 4.75. The molecule has 6 heteroatoms. The number of benzene rings is 1. The zero-order chi connectivity index (χ0) is 20.6. The van der Waals surface area contributed by atoms with Crippen LogP contribution in [-0.4, -0.2) is 21.8 Å². The first-order valence-electron chi connectivity index (χ1n) is 9.52. The van der Waals surface area contributed by atoms with Crippen LogP contribution in [0.25, 0.3) is 0 Å². The lowest BCUT2D eigenvalue weighted by molar-refractivity contribution is -0.121. The molecule has 2 N–H and O–H groups in total. The third kappa shape index (κ3) is 5.48. The maximum atomic E-state index is 12.8. The van der Waals surface area contributed by atoms with E-state index in [-0.39, 0.29) is 30.3 Å². The molecule has 0 spiro atoms. The number of carbonyl (C=O) groups is 2. The summed E-state index contributed by atoms with van der Waals surface area (Å²) in [5.41, 5.74) is 3.13. The molecular formula is C23H24N4O2. The van der Waals surface area contributed by atoms with Crippen LogP contribution >= 0.6 is 0 Å². The first-order chi connectivity index (χ1) is 14.0. The Labute approximate surface area is 170 Å². The summed E-state index contributed by atoms with van der Waals surface area (Å²) in [6.45, 7) is 3.83. The molecule has 6 nitrogen and oxygen atoms in total. The standard InChI is InChI=1S/C23H24N4O2/c1-16(18-7-11-24-12-8-18)26-22(28)15-20-5-3-4-6-21(20)23(29)27-17(2)19-9-13-25-14-10-19/h3-14,16-17H,15H2,1-2H3,(H,26,28)(H,27,29)/t16-,17+/m0/s1. The molecule has 3 aromatic rings. The normalized spacial score (nSPS) is 12.6. The molecule has 0 unspecified atom stereocenters. The molecule has 0 saturated carbocycles. The van der Waals surface area contributed by atoms with Gasteiger partial charge in [-0.3, -0.25) is 19.6 Å². The summed E-state index contributed by atoms with van der Waals surface area (Å²) in [7, 11) is 0. The van der Waals surface area contributed by atoms with Crippen LogP contribution in [0.4, 0.5) is 0 Å². The van der Waals surface area contributed by atoms with E-state index in [1.165, 1.54) is 0 Å². The summed E-state index contributed by atoms with van der Waals surface area (Å²) in [5, 5.41) is 5.96. The molecule has 0 aliphatic rings. The van der Waals surface area contributed by atoms with Crippen LogP contribution in [0, 0.1) is 0 Å². The number of hydrogen-bond donors (Lipinski definition) is 2. The van der Waals surface area contributed by atoms with Crippen molar-refractivity contribution in [1.82, 2.24) is 20.6 Å². The second-order valence-electron chi connectivity index (χ2n) is 6.88. The second-order valence-corrected chi connectivity index (χ2v) is 6.88. The van der Waals surface area contributed by atoms with Crippen molar-refractivity contribution in [3.05, 3.63) is 95.6 Å². The van der Waals surface area contributed by atoms with E-state index in [2.05, 4.69) is 20.6 Å². The van der Waals surface area contributed by atoms with Gasteiger partial charge in [-0.15, -0.1) is 0 Å². The summed E-state index contributed by atoms with van der Waals surface area (Å²) in [6, 6.07) is 14.3. The molecule has 2 aromatic heterocycles. The molecular weight excluding hydrogens is 364 g/mol. The number of nitrogens with one attached hydrogen (secondary N) is 2.